The predicted octanol–water partition coefficient (Wildman–Crippen LogP) is 4.23. The molecule has 2 aromatic rings. The van der Waals surface area contributed by atoms with Gasteiger partial charge in [0.2, 0.25) is 0 Å². The van der Waals surface area contributed by atoms with Gasteiger partial charge >= 0.3 is 12.4 Å². The molecule has 0 aliphatic heterocycles. The average Bonchev–Trinajstić information content (AvgIpc) is 2.60. The van der Waals surface area contributed by atoms with Crippen molar-refractivity contribution in [3.8, 4) is 5.75 Å². The molecule has 26 heavy (non-hydrogen) atoms. The summed E-state index contributed by atoms with van der Waals surface area (Å²) in [7, 11) is 1.97. The van der Waals surface area contributed by atoms with Crippen molar-refractivity contribution in [2.45, 2.75) is 12.8 Å². The van der Waals surface area contributed by atoms with Crippen LogP contribution in [0.5, 0.6) is 5.75 Å². The van der Waals surface area contributed by atoms with Crippen molar-refractivity contribution in [3.63, 3.8) is 0 Å². The number of rotatable bonds is 7. The molecule has 2 amide bonds. The number of ether oxygens (including phenoxy) is 1. The highest BCUT2D eigenvalue weighted by molar-refractivity contribution is 5.89. The van der Waals surface area contributed by atoms with Crippen LogP contribution in [0.25, 0.3) is 0 Å². The van der Waals surface area contributed by atoms with Gasteiger partial charge in [-0.3, -0.25) is 0 Å². The molecule has 2 rings (SSSR count). The molecule has 0 spiro atoms. The number of hydrogen-bond acceptors (Lipinski definition) is 3. The maximum atomic E-state index is 12.1. The monoisotopic (exact) mass is 367 g/mol. The summed E-state index contributed by atoms with van der Waals surface area (Å²) >= 11 is 0. The van der Waals surface area contributed by atoms with Gasteiger partial charge in [0.25, 0.3) is 0 Å². The molecule has 2 aromatic carbocycles. The standard InChI is InChI=1S/C18H20F3N3O2/c1-24(15-6-3-2-4-7-15)13-5-12-22-17(25)23-14-8-10-16(11-9-14)26-18(19,20)21/h2-4,6-11H,5,12-13H2,1H3,(H2,22,23,25). The summed E-state index contributed by atoms with van der Waals surface area (Å²) in [5, 5.41) is 5.25. The van der Waals surface area contributed by atoms with Gasteiger partial charge in [0, 0.05) is 31.5 Å². The number of nitrogens with one attached hydrogen (secondary N) is 2. The lowest BCUT2D eigenvalue weighted by atomic mass is 10.3. The zero-order valence-corrected chi connectivity index (χ0v) is 14.2. The van der Waals surface area contributed by atoms with E-state index < -0.39 is 12.4 Å². The first kappa shape index (κ1) is 19.4. The lowest BCUT2D eigenvalue weighted by Gasteiger charge is -2.19. The highest BCUT2D eigenvalue weighted by atomic mass is 19.4. The number of anilines is 2. The van der Waals surface area contributed by atoms with Gasteiger partial charge in [-0.05, 0) is 42.8 Å². The second-order valence-corrected chi connectivity index (χ2v) is 5.56. The second-order valence-electron chi connectivity index (χ2n) is 5.56. The van der Waals surface area contributed by atoms with Gasteiger partial charge in [-0.1, -0.05) is 18.2 Å². The number of hydrogen-bond donors (Lipinski definition) is 2. The van der Waals surface area contributed by atoms with Crippen LogP contribution in [0, 0.1) is 0 Å². The number of alkyl halides is 3. The zero-order chi connectivity index (χ0) is 19.0. The highest BCUT2D eigenvalue weighted by Crippen LogP contribution is 2.23. The molecule has 0 atom stereocenters. The Hall–Kier alpha value is -2.90. The van der Waals surface area contributed by atoms with Crippen LogP contribution in [0.3, 0.4) is 0 Å². The lowest BCUT2D eigenvalue weighted by molar-refractivity contribution is -0.274. The van der Waals surface area contributed by atoms with Crippen molar-refractivity contribution in [2.75, 3.05) is 30.4 Å². The third-order valence-electron chi connectivity index (χ3n) is 3.50. The SMILES string of the molecule is CN(CCCNC(=O)Nc1ccc(OC(F)(F)F)cc1)c1ccccc1. The number of benzene rings is 2. The van der Waals surface area contributed by atoms with Crippen molar-refractivity contribution < 1.29 is 22.7 Å². The molecular weight excluding hydrogens is 347 g/mol. The Labute approximate surface area is 149 Å². The third-order valence-corrected chi connectivity index (χ3v) is 3.50. The van der Waals surface area contributed by atoms with Gasteiger partial charge in [-0.25, -0.2) is 4.79 Å². The van der Waals surface area contributed by atoms with E-state index in [1.807, 2.05) is 37.4 Å². The summed E-state index contributed by atoms with van der Waals surface area (Å²) in [6.45, 7) is 1.24. The molecule has 0 radical (unpaired) electrons. The number of carbonyl (C=O) groups excluding carboxylic acids is 1. The molecule has 0 heterocycles. The molecule has 8 heteroatoms. The summed E-state index contributed by atoms with van der Waals surface area (Å²) in [4.78, 5) is 13.9. The molecule has 0 aliphatic rings. The van der Waals surface area contributed by atoms with E-state index in [2.05, 4.69) is 20.3 Å². The van der Waals surface area contributed by atoms with E-state index in [4.69, 9.17) is 0 Å². The topological polar surface area (TPSA) is 53.6 Å². The Morgan fingerprint density at radius 2 is 1.73 bits per heavy atom. The van der Waals surface area contributed by atoms with Crippen molar-refractivity contribution in [3.05, 3.63) is 54.6 Å². The first-order valence-electron chi connectivity index (χ1n) is 8.00. The van der Waals surface area contributed by atoms with E-state index in [0.29, 0.717) is 12.2 Å². The zero-order valence-electron chi connectivity index (χ0n) is 14.2. The summed E-state index contributed by atoms with van der Waals surface area (Å²) < 4.78 is 40.0. The van der Waals surface area contributed by atoms with Gasteiger partial charge in [-0.15, -0.1) is 13.2 Å². The molecule has 0 aromatic heterocycles. The Kier molecular flexibility index (Phi) is 6.71. The fourth-order valence-corrected chi connectivity index (χ4v) is 2.24. The van der Waals surface area contributed by atoms with Gasteiger partial charge in [0.15, 0.2) is 0 Å². The smallest absolute Gasteiger partial charge is 0.406 e. The summed E-state index contributed by atoms with van der Waals surface area (Å²) in [6.07, 6.45) is -3.99. The van der Waals surface area contributed by atoms with Crippen LogP contribution in [0.15, 0.2) is 54.6 Å². The largest absolute Gasteiger partial charge is 0.573 e. The maximum Gasteiger partial charge on any atom is 0.573 e. The van der Waals surface area contributed by atoms with E-state index >= 15 is 0 Å². The van der Waals surface area contributed by atoms with Crippen LogP contribution in [-0.4, -0.2) is 32.5 Å². The number of urea groups is 1. The molecule has 0 saturated heterocycles. The van der Waals surface area contributed by atoms with Crippen molar-refractivity contribution in [1.29, 1.82) is 0 Å². The molecule has 140 valence electrons. The molecule has 0 saturated carbocycles. The Balaban J connectivity index is 1.68. The fourth-order valence-electron chi connectivity index (χ4n) is 2.24. The summed E-state index contributed by atoms with van der Waals surface area (Å²) in [6, 6.07) is 14.4. The number of para-hydroxylation sites is 1. The molecular formula is C18H20F3N3O2. The lowest BCUT2D eigenvalue weighted by Crippen LogP contribution is -2.31. The number of halogens is 3. The van der Waals surface area contributed by atoms with Crippen LogP contribution in [0.4, 0.5) is 29.3 Å². The van der Waals surface area contributed by atoms with Crippen LogP contribution >= 0.6 is 0 Å². The Morgan fingerprint density at radius 1 is 1.08 bits per heavy atom. The first-order valence-corrected chi connectivity index (χ1v) is 8.00. The van der Waals surface area contributed by atoms with E-state index in [0.717, 1.165) is 30.8 Å². The van der Waals surface area contributed by atoms with Crippen LogP contribution in [-0.2, 0) is 0 Å². The van der Waals surface area contributed by atoms with Crippen LogP contribution < -0.4 is 20.3 Å². The minimum Gasteiger partial charge on any atom is -0.406 e. The third kappa shape index (κ3) is 6.92. The molecule has 0 unspecified atom stereocenters. The van der Waals surface area contributed by atoms with Gasteiger partial charge in [-0.2, -0.15) is 0 Å². The molecule has 0 bridgehead atoms. The summed E-state index contributed by atoms with van der Waals surface area (Å²) in [5.74, 6) is -0.340. The molecule has 0 aliphatic carbocycles. The van der Waals surface area contributed by atoms with Crippen molar-refractivity contribution >= 4 is 17.4 Å². The number of amides is 2. The van der Waals surface area contributed by atoms with Crippen molar-refractivity contribution in [1.82, 2.24) is 5.32 Å². The molecule has 2 N–H and O–H groups in total. The van der Waals surface area contributed by atoms with Gasteiger partial charge in [0.05, 0.1) is 0 Å². The Bertz CT molecular complexity index is 691. The molecule has 5 nitrogen and oxygen atoms in total. The fraction of sp³-hybridized carbons (Fsp3) is 0.278. The van der Waals surface area contributed by atoms with E-state index in [-0.39, 0.29) is 5.75 Å². The number of nitrogens with zero attached hydrogens (tertiary/aromatic N) is 1. The van der Waals surface area contributed by atoms with Crippen molar-refractivity contribution in [2.24, 2.45) is 0 Å². The van der Waals surface area contributed by atoms with Gasteiger partial charge in [0.1, 0.15) is 5.75 Å². The quantitative estimate of drug-likeness (QED) is 0.720. The van der Waals surface area contributed by atoms with E-state index in [1.54, 1.807) is 0 Å². The number of carbonyl (C=O) groups is 1. The van der Waals surface area contributed by atoms with Gasteiger partial charge < -0.3 is 20.3 Å². The van der Waals surface area contributed by atoms with Crippen LogP contribution in [0.2, 0.25) is 0 Å². The normalized spacial score (nSPS) is 10.9. The summed E-state index contributed by atoms with van der Waals surface area (Å²) in [5.41, 5.74) is 1.47. The Morgan fingerprint density at radius 3 is 2.35 bits per heavy atom. The highest BCUT2D eigenvalue weighted by Gasteiger charge is 2.30. The van der Waals surface area contributed by atoms with E-state index in [9.17, 15) is 18.0 Å². The minimum absolute atomic E-state index is 0.340. The first-order chi connectivity index (χ1) is 12.3. The maximum absolute atomic E-state index is 12.1. The molecule has 0 fully saturated rings. The predicted molar refractivity (Wildman–Crippen MR) is 94.5 cm³/mol. The van der Waals surface area contributed by atoms with E-state index in [1.165, 1.54) is 12.1 Å². The average molecular weight is 367 g/mol. The second kappa shape index (κ2) is 8.98. The minimum atomic E-state index is -4.74. The van der Waals surface area contributed by atoms with Crippen LogP contribution in [0.1, 0.15) is 6.42 Å².